The quantitative estimate of drug-likeness (QED) is 0.834. The minimum atomic E-state index is -4.52. The summed E-state index contributed by atoms with van der Waals surface area (Å²) in [4.78, 5) is 11.5. The fourth-order valence-electron chi connectivity index (χ4n) is 1.41. The molecule has 17 heavy (non-hydrogen) atoms. The molecule has 0 saturated carbocycles. The van der Waals surface area contributed by atoms with Crippen LogP contribution in [0.2, 0.25) is 0 Å². The predicted octanol–water partition coefficient (Wildman–Crippen LogP) is 2.82. The molecule has 0 amide bonds. The molecular formula is C11H14F3NOS. The van der Waals surface area contributed by atoms with Crippen molar-refractivity contribution in [2.75, 3.05) is 5.75 Å². The Kier molecular flexibility index (Phi) is 3.96. The van der Waals surface area contributed by atoms with Gasteiger partial charge in [0.1, 0.15) is 5.69 Å². The Hall–Kier alpha value is -0.910. The zero-order valence-corrected chi connectivity index (χ0v) is 10.5. The molecule has 0 N–H and O–H groups in total. The van der Waals surface area contributed by atoms with Crippen molar-refractivity contribution in [3.05, 3.63) is 34.2 Å². The predicted molar refractivity (Wildman–Crippen MR) is 63.3 cm³/mol. The largest absolute Gasteiger partial charge is 0.431 e. The number of hydrogen-bond acceptors (Lipinski definition) is 2. The first-order valence-corrected chi connectivity index (χ1v) is 5.68. The van der Waals surface area contributed by atoms with Gasteiger partial charge in [0.25, 0.3) is 5.56 Å². The zero-order valence-electron chi connectivity index (χ0n) is 9.58. The Bertz CT molecular complexity index is 451. The van der Waals surface area contributed by atoms with E-state index in [4.69, 9.17) is 0 Å². The van der Waals surface area contributed by atoms with Gasteiger partial charge in [-0.3, -0.25) is 4.79 Å². The van der Waals surface area contributed by atoms with Crippen LogP contribution in [0, 0.1) is 5.41 Å². The number of aromatic nitrogens is 1. The molecule has 0 fully saturated rings. The molecule has 0 atom stereocenters. The normalized spacial score (nSPS) is 12.8. The molecule has 0 aromatic carbocycles. The molecule has 0 aliphatic carbocycles. The highest BCUT2D eigenvalue weighted by molar-refractivity contribution is 7.80. The summed E-state index contributed by atoms with van der Waals surface area (Å²) in [7, 11) is 0. The van der Waals surface area contributed by atoms with Crippen LogP contribution in [0.25, 0.3) is 0 Å². The molecule has 0 radical (unpaired) electrons. The van der Waals surface area contributed by atoms with Gasteiger partial charge in [-0.25, -0.2) is 0 Å². The summed E-state index contributed by atoms with van der Waals surface area (Å²) in [6, 6.07) is 3.16. The van der Waals surface area contributed by atoms with E-state index < -0.39 is 22.8 Å². The van der Waals surface area contributed by atoms with Crippen LogP contribution in [-0.2, 0) is 12.7 Å². The third-order valence-corrected chi connectivity index (χ3v) is 3.21. The molecule has 1 aromatic rings. The number of nitrogens with zero attached hydrogens (tertiary/aromatic N) is 1. The monoisotopic (exact) mass is 265 g/mol. The lowest BCUT2D eigenvalue weighted by atomic mass is 9.96. The van der Waals surface area contributed by atoms with Crippen LogP contribution in [0.5, 0.6) is 0 Å². The van der Waals surface area contributed by atoms with Crippen molar-refractivity contribution in [1.29, 1.82) is 0 Å². The Morgan fingerprint density at radius 2 is 1.88 bits per heavy atom. The summed E-state index contributed by atoms with van der Waals surface area (Å²) in [5.41, 5.74) is -2.04. The fourth-order valence-corrected chi connectivity index (χ4v) is 1.51. The second kappa shape index (κ2) is 4.76. The van der Waals surface area contributed by atoms with E-state index in [-0.39, 0.29) is 6.54 Å². The summed E-state index contributed by atoms with van der Waals surface area (Å²) >= 11 is 4.08. The molecule has 0 spiro atoms. The highest BCUT2D eigenvalue weighted by Crippen LogP contribution is 2.30. The highest BCUT2D eigenvalue weighted by Gasteiger charge is 2.35. The van der Waals surface area contributed by atoms with Crippen molar-refractivity contribution in [3.63, 3.8) is 0 Å². The number of hydrogen-bond donors (Lipinski definition) is 1. The maximum absolute atomic E-state index is 12.7. The summed E-state index contributed by atoms with van der Waals surface area (Å²) < 4.78 is 38.9. The molecule has 0 aliphatic heterocycles. The highest BCUT2D eigenvalue weighted by atomic mass is 32.1. The van der Waals surface area contributed by atoms with E-state index in [0.717, 1.165) is 22.8 Å². The Balaban J connectivity index is 3.27. The minimum absolute atomic E-state index is 0.00891. The van der Waals surface area contributed by atoms with E-state index in [1.54, 1.807) is 13.8 Å². The van der Waals surface area contributed by atoms with E-state index >= 15 is 0 Å². The topological polar surface area (TPSA) is 22.0 Å². The lowest BCUT2D eigenvalue weighted by Crippen LogP contribution is -2.33. The zero-order chi connectivity index (χ0) is 13.3. The first-order chi connectivity index (χ1) is 7.67. The maximum Gasteiger partial charge on any atom is 0.431 e. The molecule has 2 nitrogen and oxygen atoms in total. The maximum atomic E-state index is 12.7. The number of thiol groups is 1. The number of halogens is 3. The van der Waals surface area contributed by atoms with Crippen molar-refractivity contribution in [2.45, 2.75) is 26.6 Å². The molecule has 0 aliphatic rings. The first kappa shape index (κ1) is 14.2. The van der Waals surface area contributed by atoms with E-state index in [0.29, 0.717) is 5.75 Å². The van der Waals surface area contributed by atoms with Crippen LogP contribution in [0.15, 0.2) is 23.0 Å². The Morgan fingerprint density at radius 1 is 1.29 bits per heavy atom. The van der Waals surface area contributed by atoms with Gasteiger partial charge in [-0.15, -0.1) is 0 Å². The van der Waals surface area contributed by atoms with Crippen LogP contribution in [0.4, 0.5) is 13.2 Å². The molecule has 0 saturated heterocycles. The van der Waals surface area contributed by atoms with Crippen LogP contribution in [0.3, 0.4) is 0 Å². The fraction of sp³-hybridized carbons (Fsp3) is 0.545. The third-order valence-electron chi connectivity index (χ3n) is 2.35. The molecule has 1 rings (SSSR count). The van der Waals surface area contributed by atoms with Gasteiger partial charge in [0, 0.05) is 12.6 Å². The standard InChI is InChI=1S/C11H14F3NOS/c1-10(2,7-17)6-15-8(11(12,13)14)4-3-5-9(15)16/h3-5,17H,6-7H2,1-2H3. The molecule has 96 valence electrons. The summed E-state index contributed by atoms with van der Waals surface area (Å²) in [6.07, 6.45) is -4.52. The van der Waals surface area contributed by atoms with Crippen LogP contribution < -0.4 is 5.56 Å². The second-order valence-corrected chi connectivity index (χ2v) is 4.97. The third kappa shape index (κ3) is 3.52. The van der Waals surface area contributed by atoms with E-state index in [2.05, 4.69) is 12.6 Å². The molecular weight excluding hydrogens is 251 g/mol. The van der Waals surface area contributed by atoms with Crippen LogP contribution in [-0.4, -0.2) is 10.3 Å². The molecule has 0 bridgehead atoms. The lowest BCUT2D eigenvalue weighted by molar-refractivity contribution is -0.144. The van der Waals surface area contributed by atoms with Gasteiger partial charge >= 0.3 is 6.18 Å². The molecule has 1 heterocycles. The van der Waals surface area contributed by atoms with E-state index in [1.165, 1.54) is 0 Å². The minimum Gasteiger partial charge on any atom is -0.304 e. The molecule has 1 aromatic heterocycles. The second-order valence-electron chi connectivity index (χ2n) is 4.66. The van der Waals surface area contributed by atoms with Gasteiger partial charge in [-0.2, -0.15) is 25.8 Å². The SMILES string of the molecule is CC(C)(CS)Cn1c(C(F)(F)F)cccc1=O. The van der Waals surface area contributed by atoms with Crippen molar-refractivity contribution in [3.8, 4) is 0 Å². The van der Waals surface area contributed by atoms with Crippen molar-refractivity contribution in [1.82, 2.24) is 4.57 Å². The molecule has 0 unspecified atom stereocenters. The Labute approximate surface area is 103 Å². The van der Waals surface area contributed by atoms with Crippen molar-refractivity contribution >= 4 is 12.6 Å². The smallest absolute Gasteiger partial charge is 0.304 e. The van der Waals surface area contributed by atoms with E-state index in [9.17, 15) is 18.0 Å². The number of rotatable bonds is 3. The first-order valence-electron chi connectivity index (χ1n) is 5.05. The number of pyridine rings is 1. The lowest BCUT2D eigenvalue weighted by Gasteiger charge is -2.25. The number of alkyl halides is 3. The average molecular weight is 265 g/mol. The van der Waals surface area contributed by atoms with Gasteiger partial charge in [-0.1, -0.05) is 19.9 Å². The Morgan fingerprint density at radius 3 is 2.35 bits per heavy atom. The van der Waals surface area contributed by atoms with Crippen molar-refractivity contribution < 1.29 is 13.2 Å². The van der Waals surface area contributed by atoms with Gasteiger partial charge < -0.3 is 4.57 Å². The van der Waals surface area contributed by atoms with Gasteiger partial charge in [0.15, 0.2) is 0 Å². The van der Waals surface area contributed by atoms with Crippen LogP contribution >= 0.6 is 12.6 Å². The summed E-state index contributed by atoms with van der Waals surface area (Å²) in [5, 5.41) is 0. The average Bonchev–Trinajstić information content (AvgIpc) is 2.19. The van der Waals surface area contributed by atoms with Gasteiger partial charge in [0.2, 0.25) is 0 Å². The van der Waals surface area contributed by atoms with Crippen LogP contribution in [0.1, 0.15) is 19.5 Å². The van der Waals surface area contributed by atoms with Gasteiger partial charge in [-0.05, 0) is 17.2 Å². The molecule has 6 heteroatoms. The van der Waals surface area contributed by atoms with E-state index in [1.807, 2.05) is 0 Å². The van der Waals surface area contributed by atoms with Gasteiger partial charge in [0.05, 0.1) is 0 Å². The van der Waals surface area contributed by atoms with Crippen molar-refractivity contribution in [2.24, 2.45) is 5.41 Å². The summed E-state index contributed by atoms with van der Waals surface area (Å²) in [6.45, 7) is 3.52. The summed E-state index contributed by atoms with van der Waals surface area (Å²) in [5.74, 6) is 0.394.